The summed E-state index contributed by atoms with van der Waals surface area (Å²) in [5, 5.41) is 0. The van der Waals surface area contributed by atoms with Gasteiger partial charge in [-0.05, 0) is 6.42 Å². The van der Waals surface area contributed by atoms with Gasteiger partial charge in [-0.15, -0.1) is 0 Å². The molecule has 2 heterocycles. The zero-order valence-electron chi connectivity index (χ0n) is 8.26. The van der Waals surface area contributed by atoms with E-state index in [1.54, 1.807) is 6.20 Å². The molecule has 0 aliphatic carbocycles. The summed E-state index contributed by atoms with van der Waals surface area (Å²) in [7, 11) is 0. The predicted octanol–water partition coefficient (Wildman–Crippen LogP) is -0.887. The summed E-state index contributed by atoms with van der Waals surface area (Å²) in [6.07, 6.45) is 3.90. The van der Waals surface area contributed by atoms with Gasteiger partial charge in [-0.2, -0.15) is 0 Å². The number of carbonyl (C=O) groups excluding carboxylic acids is 1. The minimum Gasteiger partial charge on any atom is -0.364 e. The third-order valence-electron chi connectivity index (χ3n) is 2.44. The molecule has 6 heteroatoms. The van der Waals surface area contributed by atoms with Crippen LogP contribution in [-0.4, -0.2) is 35.0 Å². The number of anilines is 1. The van der Waals surface area contributed by atoms with Crippen molar-refractivity contribution >= 4 is 11.7 Å². The lowest BCUT2D eigenvalue weighted by Crippen LogP contribution is -2.29. The molecule has 1 aromatic heterocycles. The summed E-state index contributed by atoms with van der Waals surface area (Å²) in [6.45, 7) is 1.49. The number of amides is 1. The van der Waals surface area contributed by atoms with Gasteiger partial charge in [0.15, 0.2) is 11.5 Å². The summed E-state index contributed by atoms with van der Waals surface area (Å²) in [4.78, 5) is 21.1. The normalized spacial score (nSPS) is 20.6. The summed E-state index contributed by atoms with van der Waals surface area (Å²) in [5.41, 5.74) is 11.2. The van der Waals surface area contributed by atoms with Crippen molar-refractivity contribution in [3.63, 3.8) is 0 Å². The van der Waals surface area contributed by atoms with Crippen LogP contribution in [-0.2, 0) is 0 Å². The Morgan fingerprint density at radius 2 is 2.20 bits per heavy atom. The van der Waals surface area contributed by atoms with Crippen molar-refractivity contribution in [2.75, 3.05) is 18.0 Å². The van der Waals surface area contributed by atoms with E-state index in [4.69, 9.17) is 11.5 Å². The lowest BCUT2D eigenvalue weighted by molar-refractivity contribution is 0.0996. The van der Waals surface area contributed by atoms with Crippen LogP contribution in [0, 0.1) is 0 Å². The molecule has 0 radical (unpaired) electrons. The van der Waals surface area contributed by atoms with E-state index in [0.717, 1.165) is 13.0 Å². The number of hydrogen-bond acceptors (Lipinski definition) is 5. The van der Waals surface area contributed by atoms with Crippen molar-refractivity contribution in [3.05, 3.63) is 18.1 Å². The maximum atomic E-state index is 11.1. The smallest absolute Gasteiger partial charge is 0.271 e. The van der Waals surface area contributed by atoms with E-state index in [1.807, 2.05) is 4.90 Å². The van der Waals surface area contributed by atoms with E-state index >= 15 is 0 Å². The number of aromatic nitrogens is 2. The Morgan fingerprint density at radius 3 is 2.80 bits per heavy atom. The van der Waals surface area contributed by atoms with Crippen LogP contribution in [0.5, 0.6) is 0 Å². The molecule has 0 saturated carbocycles. The highest BCUT2D eigenvalue weighted by atomic mass is 16.1. The molecule has 4 N–H and O–H groups in total. The molecule has 1 amide bonds. The van der Waals surface area contributed by atoms with Gasteiger partial charge in [-0.25, -0.2) is 9.97 Å². The lowest BCUT2D eigenvalue weighted by Gasteiger charge is -2.17. The Morgan fingerprint density at radius 1 is 1.47 bits per heavy atom. The molecule has 1 fully saturated rings. The summed E-state index contributed by atoms with van der Waals surface area (Å²) < 4.78 is 0. The van der Waals surface area contributed by atoms with Gasteiger partial charge in [0.2, 0.25) is 0 Å². The highest BCUT2D eigenvalue weighted by Crippen LogP contribution is 2.19. The van der Waals surface area contributed by atoms with Crippen molar-refractivity contribution < 1.29 is 4.79 Å². The van der Waals surface area contributed by atoms with Crippen molar-refractivity contribution in [1.82, 2.24) is 9.97 Å². The highest BCUT2D eigenvalue weighted by molar-refractivity contribution is 5.95. The minimum absolute atomic E-state index is 0.132. The van der Waals surface area contributed by atoms with Crippen LogP contribution in [0.3, 0.4) is 0 Å². The summed E-state index contributed by atoms with van der Waals surface area (Å²) >= 11 is 0. The molecule has 1 unspecified atom stereocenters. The molecular weight excluding hydrogens is 194 g/mol. The summed E-state index contributed by atoms with van der Waals surface area (Å²) in [5.74, 6) is -0.0171. The SMILES string of the molecule is NC(=O)c1nccnc1N1CCC(N)C1. The van der Waals surface area contributed by atoms with Gasteiger partial charge < -0.3 is 16.4 Å². The monoisotopic (exact) mass is 207 g/mol. The van der Waals surface area contributed by atoms with E-state index in [2.05, 4.69) is 9.97 Å². The second-order valence-electron chi connectivity index (χ2n) is 3.59. The molecule has 1 aliphatic rings. The van der Waals surface area contributed by atoms with E-state index in [-0.39, 0.29) is 11.7 Å². The third kappa shape index (κ3) is 1.89. The largest absolute Gasteiger partial charge is 0.364 e. The average molecular weight is 207 g/mol. The van der Waals surface area contributed by atoms with Gasteiger partial charge in [0.25, 0.3) is 5.91 Å². The molecule has 0 aromatic carbocycles. The van der Waals surface area contributed by atoms with Crippen LogP contribution in [0.2, 0.25) is 0 Å². The fraction of sp³-hybridized carbons (Fsp3) is 0.444. The minimum atomic E-state index is -0.557. The number of carbonyl (C=O) groups is 1. The predicted molar refractivity (Wildman–Crippen MR) is 55.4 cm³/mol. The molecule has 0 bridgehead atoms. The molecule has 6 nitrogen and oxygen atoms in total. The van der Waals surface area contributed by atoms with Crippen molar-refractivity contribution in [2.45, 2.75) is 12.5 Å². The fourth-order valence-corrected chi connectivity index (χ4v) is 1.72. The molecule has 80 valence electrons. The Bertz CT molecular complexity index is 381. The van der Waals surface area contributed by atoms with Crippen LogP contribution in [0.4, 0.5) is 5.82 Å². The summed E-state index contributed by atoms with van der Waals surface area (Å²) in [6, 6.07) is 0.132. The quantitative estimate of drug-likeness (QED) is 0.655. The first-order chi connectivity index (χ1) is 7.18. The molecule has 0 spiro atoms. The van der Waals surface area contributed by atoms with Crippen LogP contribution in [0.15, 0.2) is 12.4 Å². The van der Waals surface area contributed by atoms with E-state index in [9.17, 15) is 4.79 Å². The molecule has 15 heavy (non-hydrogen) atoms. The Hall–Kier alpha value is -1.69. The number of primary amides is 1. The van der Waals surface area contributed by atoms with Crippen LogP contribution < -0.4 is 16.4 Å². The van der Waals surface area contributed by atoms with Gasteiger partial charge in [-0.1, -0.05) is 0 Å². The van der Waals surface area contributed by atoms with E-state index in [0.29, 0.717) is 12.4 Å². The van der Waals surface area contributed by atoms with Crippen molar-refractivity contribution in [1.29, 1.82) is 0 Å². The van der Waals surface area contributed by atoms with Gasteiger partial charge in [0.05, 0.1) is 0 Å². The fourth-order valence-electron chi connectivity index (χ4n) is 1.72. The maximum absolute atomic E-state index is 11.1. The first kappa shape index (κ1) is 9.85. The van der Waals surface area contributed by atoms with Crippen molar-refractivity contribution in [3.8, 4) is 0 Å². The number of rotatable bonds is 2. The van der Waals surface area contributed by atoms with E-state index in [1.165, 1.54) is 6.20 Å². The average Bonchev–Trinajstić information content (AvgIpc) is 2.65. The second-order valence-corrected chi connectivity index (χ2v) is 3.59. The standard InChI is InChI=1S/C9H13N5O/c10-6-1-4-14(5-6)9-7(8(11)15)12-2-3-13-9/h2-3,6H,1,4-5,10H2,(H2,11,15). The molecule has 2 rings (SSSR count). The number of hydrogen-bond donors (Lipinski definition) is 2. The zero-order chi connectivity index (χ0) is 10.8. The van der Waals surface area contributed by atoms with Crippen LogP contribution in [0.1, 0.15) is 16.9 Å². The zero-order valence-corrected chi connectivity index (χ0v) is 8.26. The molecule has 1 atom stereocenters. The molecule has 1 saturated heterocycles. The first-order valence-corrected chi connectivity index (χ1v) is 4.80. The van der Waals surface area contributed by atoms with Crippen LogP contribution in [0.25, 0.3) is 0 Å². The number of nitrogens with two attached hydrogens (primary N) is 2. The van der Waals surface area contributed by atoms with Gasteiger partial charge >= 0.3 is 0 Å². The third-order valence-corrected chi connectivity index (χ3v) is 2.44. The van der Waals surface area contributed by atoms with Crippen LogP contribution >= 0.6 is 0 Å². The maximum Gasteiger partial charge on any atom is 0.271 e. The van der Waals surface area contributed by atoms with Gasteiger partial charge in [0, 0.05) is 31.5 Å². The molecule has 1 aromatic rings. The topological polar surface area (TPSA) is 98.1 Å². The van der Waals surface area contributed by atoms with Gasteiger partial charge in [0.1, 0.15) is 0 Å². The molecular formula is C9H13N5O. The van der Waals surface area contributed by atoms with Gasteiger partial charge in [-0.3, -0.25) is 4.79 Å². The van der Waals surface area contributed by atoms with E-state index < -0.39 is 5.91 Å². The molecule has 1 aliphatic heterocycles. The Balaban J connectivity index is 2.31. The Kier molecular flexibility index (Phi) is 2.51. The number of nitrogens with zero attached hydrogens (tertiary/aromatic N) is 3. The first-order valence-electron chi connectivity index (χ1n) is 4.80. The van der Waals surface area contributed by atoms with Crippen molar-refractivity contribution in [2.24, 2.45) is 11.5 Å². The Labute approximate surface area is 87.3 Å². The lowest BCUT2D eigenvalue weighted by atomic mass is 10.3. The highest BCUT2D eigenvalue weighted by Gasteiger charge is 2.24. The second kappa shape index (κ2) is 3.82.